The molecule has 0 radical (unpaired) electrons. The third kappa shape index (κ3) is 5.05. The van der Waals surface area contributed by atoms with Gasteiger partial charge in [0.15, 0.2) is 11.6 Å². The molecule has 1 atom stereocenters. The number of alkyl halides is 3. The van der Waals surface area contributed by atoms with E-state index < -0.39 is 12.1 Å². The molecule has 0 bridgehead atoms. The van der Waals surface area contributed by atoms with Crippen LogP contribution in [-0.4, -0.2) is 26.7 Å². The van der Waals surface area contributed by atoms with Crippen molar-refractivity contribution in [2.45, 2.75) is 19.0 Å². The number of aromatic nitrogens is 3. The van der Waals surface area contributed by atoms with Crippen LogP contribution in [0.4, 0.5) is 13.2 Å². The first-order valence-electron chi connectivity index (χ1n) is 8.37. The van der Waals surface area contributed by atoms with Gasteiger partial charge in [-0.15, -0.1) is 0 Å². The zero-order valence-electron chi connectivity index (χ0n) is 15.0. The summed E-state index contributed by atoms with van der Waals surface area (Å²) >= 11 is 11.7. The smallest absolute Gasteiger partial charge is 0.291 e. The second-order valence-electron chi connectivity index (χ2n) is 6.22. The average Bonchev–Trinajstić information content (AvgIpc) is 3.10. The summed E-state index contributed by atoms with van der Waals surface area (Å²) in [6.07, 6.45) is -0.840. The molecule has 0 fully saturated rings. The molecule has 0 aliphatic carbocycles. The zero-order valence-corrected chi connectivity index (χ0v) is 16.5. The lowest BCUT2D eigenvalue weighted by atomic mass is 9.97. The highest BCUT2D eigenvalue weighted by atomic mass is 35.5. The molecule has 1 unspecified atom stereocenters. The molecule has 0 spiro atoms. The van der Waals surface area contributed by atoms with Crippen LogP contribution in [0.15, 0.2) is 54.9 Å². The number of allylic oxidation sites excluding steroid dienone is 1. The predicted molar refractivity (Wildman–Crippen MR) is 106 cm³/mol. The van der Waals surface area contributed by atoms with E-state index in [-0.39, 0.29) is 27.2 Å². The van der Waals surface area contributed by atoms with Gasteiger partial charge >= 0.3 is 6.18 Å². The van der Waals surface area contributed by atoms with Crippen LogP contribution in [0.2, 0.25) is 10.0 Å². The Balaban J connectivity index is 1.88. The van der Waals surface area contributed by atoms with E-state index in [2.05, 4.69) is 10.1 Å². The van der Waals surface area contributed by atoms with E-state index in [1.165, 1.54) is 42.2 Å². The van der Waals surface area contributed by atoms with Crippen molar-refractivity contribution in [1.29, 1.82) is 0 Å². The number of rotatable bonds is 5. The van der Waals surface area contributed by atoms with Crippen molar-refractivity contribution >= 4 is 35.1 Å². The number of ketones is 1. The summed E-state index contributed by atoms with van der Waals surface area (Å²) in [5.41, 5.74) is 1.07. The standard InChI is InChI=1S/C20H14Cl2F3N3O/c1-12(29)19-26-11-27-28(19)17-5-2-13(3-6-17)4-7-18(20(23,24)25)14-8-15(21)10-16(22)9-14/h2-11,18H,1H3/b7-4+. The quantitative estimate of drug-likeness (QED) is 0.448. The van der Waals surface area contributed by atoms with Crippen molar-refractivity contribution < 1.29 is 18.0 Å². The maximum atomic E-state index is 13.6. The van der Waals surface area contributed by atoms with Gasteiger partial charge in [0.25, 0.3) is 0 Å². The maximum absolute atomic E-state index is 13.6. The first-order valence-corrected chi connectivity index (χ1v) is 9.13. The lowest BCUT2D eigenvalue weighted by Gasteiger charge is -2.18. The van der Waals surface area contributed by atoms with Crippen LogP contribution in [0.1, 0.15) is 34.6 Å². The fraction of sp³-hybridized carbons (Fsp3) is 0.150. The number of hydrogen-bond acceptors (Lipinski definition) is 3. The topological polar surface area (TPSA) is 47.8 Å². The van der Waals surface area contributed by atoms with Gasteiger partial charge in [0.1, 0.15) is 6.33 Å². The lowest BCUT2D eigenvalue weighted by molar-refractivity contribution is -0.139. The van der Waals surface area contributed by atoms with Gasteiger partial charge in [-0.2, -0.15) is 18.3 Å². The van der Waals surface area contributed by atoms with E-state index >= 15 is 0 Å². The highest BCUT2D eigenvalue weighted by molar-refractivity contribution is 6.34. The summed E-state index contributed by atoms with van der Waals surface area (Å²) in [6, 6.07) is 10.4. The Morgan fingerprint density at radius 3 is 2.28 bits per heavy atom. The molecule has 0 saturated carbocycles. The van der Waals surface area contributed by atoms with E-state index in [9.17, 15) is 18.0 Å². The highest BCUT2D eigenvalue weighted by Gasteiger charge is 2.39. The fourth-order valence-corrected chi connectivity index (χ4v) is 3.31. The summed E-state index contributed by atoms with van der Waals surface area (Å²) in [5, 5.41) is 4.26. The second-order valence-corrected chi connectivity index (χ2v) is 7.10. The Hall–Kier alpha value is -2.64. The van der Waals surface area contributed by atoms with Crippen molar-refractivity contribution in [2.75, 3.05) is 0 Å². The molecule has 3 rings (SSSR count). The van der Waals surface area contributed by atoms with Crippen LogP contribution in [0.5, 0.6) is 0 Å². The van der Waals surface area contributed by atoms with Crippen LogP contribution in [0.3, 0.4) is 0 Å². The SMILES string of the molecule is CC(=O)c1ncnn1-c1ccc(/C=C/C(c2cc(Cl)cc(Cl)c2)C(F)(F)F)cc1. The molecule has 1 aromatic heterocycles. The number of nitrogens with zero attached hydrogens (tertiary/aromatic N) is 3. The molecule has 29 heavy (non-hydrogen) atoms. The molecule has 150 valence electrons. The largest absolute Gasteiger partial charge is 0.399 e. The summed E-state index contributed by atoms with van der Waals surface area (Å²) in [6.45, 7) is 1.37. The van der Waals surface area contributed by atoms with Crippen molar-refractivity contribution in [3.05, 3.63) is 81.9 Å². The summed E-state index contributed by atoms with van der Waals surface area (Å²) in [5.74, 6) is -1.94. The van der Waals surface area contributed by atoms with Crippen LogP contribution in [-0.2, 0) is 0 Å². The third-order valence-electron chi connectivity index (χ3n) is 4.08. The number of halogens is 5. The minimum atomic E-state index is -4.51. The average molecular weight is 440 g/mol. The molecule has 0 N–H and O–H groups in total. The molecule has 0 aliphatic rings. The van der Waals surface area contributed by atoms with E-state index in [1.54, 1.807) is 24.3 Å². The zero-order chi connectivity index (χ0) is 21.2. The maximum Gasteiger partial charge on any atom is 0.399 e. The van der Waals surface area contributed by atoms with E-state index in [0.717, 1.165) is 6.08 Å². The Morgan fingerprint density at radius 2 is 1.72 bits per heavy atom. The lowest BCUT2D eigenvalue weighted by Crippen LogP contribution is -2.18. The van der Waals surface area contributed by atoms with E-state index in [0.29, 0.717) is 11.3 Å². The number of hydrogen-bond donors (Lipinski definition) is 0. The van der Waals surface area contributed by atoms with Crippen molar-refractivity contribution in [1.82, 2.24) is 14.8 Å². The third-order valence-corrected chi connectivity index (χ3v) is 4.51. The summed E-state index contributed by atoms with van der Waals surface area (Å²) in [4.78, 5) is 15.5. The Morgan fingerprint density at radius 1 is 1.10 bits per heavy atom. The highest BCUT2D eigenvalue weighted by Crippen LogP contribution is 2.38. The van der Waals surface area contributed by atoms with Crippen LogP contribution in [0.25, 0.3) is 11.8 Å². The molecule has 3 aromatic rings. The molecule has 1 heterocycles. The fourth-order valence-electron chi connectivity index (χ4n) is 2.77. The minimum absolute atomic E-state index is 0.0448. The predicted octanol–water partition coefficient (Wildman–Crippen LogP) is 6.14. The monoisotopic (exact) mass is 439 g/mol. The number of carbonyl (C=O) groups is 1. The van der Waals surface area contributed by atoms with Gasteiger partial charge in [-0.05, 0) is 41.5 Å². The summed E-state index contributed by atoms with van der Waals surface area (Å²) < 4.78 is 42.0. The molecule has 4 nitrogen and oxygen atoms in total. The number of Topliss-reactive ketones (excluding diaryl/α,β-unsaturated/α-hetero) is 1. The first-order chi connectivity index (χ1) is 13.6. The van der Waals surface area contributed by atoms with Gasteiger partial charge in [-0.3, -0.25) is 4.79 Å². The van der Waals surface area contributed by atoms with Crippen LogP contribution >= 0.6 is 23.2 Å². The Labute approximate surface area is 174 Å². The number of carbonyl (C=O) groups excluding carboxylic acids is 1. The summed E-state index contributed by atoms with van der Waals surface area (Å²) in [7, 11) is 0. The normalized spacial score (nSPS) is 13.0. The Kier molecular flexibility index (Phi) is 6.10. The van der Waals surface area contributed by atoms with E-state index in [4.69, 9.17) is 23.2 Å². The van der Waals surface area contributed by atoms with Gasteiger partial charge in [0, 0.05) is 17.0 Å². The molecule has 2 aromatic carbocycles. The molecular formula is C20H14Cl2F3N3O. The minimum Gasteiger partial charge on any atom is -0.291 e. The molecule has 0 saturated heterocycles. The van der Waals surface area contributed by atoms with Crippen molar-refractivity contribution in [2.24, 2.45) is 0 Å². The van der Waals surface area contributed by atoms with Gasteiger partial charge in [0.05, 0.1) is 11.6 Å². The van der Waals surface area contributed by atoms with Gasteiger partial charge in [-0.1, -0.05) is 47.5 Å². The molecule has 0 aliphatic heterocycles. The molecular weight excluding hydrogens is 426 g/mol. The van der Waals surface area contributed by atoms with Gasteiger partial charge < -0.3 is 0 Å². The van der Waals surface area contributed by atoms with Crippen molar-refractivity contribution in [3.8, 4) is 5.69 Å². The molecule has 0 amide bonds. The van der Waals surface area contributed by atoms with E-state index in [1.807, 2.05) is 0 Å². The molecule has 9 heteroatoms. The number of benzene rings is 2. The first kappa shape index (κ1) is 21.1. The van der Waals surface area contributed by atoms with Crippen LogP contribution in [0, 0.1) is 0 Å². The van der Waals surface area contributed by atoms with Crippen LogP contribution < -0.4 is 0 Å². The Bertz CT molecular complexity index is 1040. The van der Waals surface area contributed by atoms with Gasteiger partial charge in [0.2, 0.25) is 0 Å². The second kappa shape index (κ2) is 8.39. The van der Waals surface area contributed by atoms with Crippen molar-refractivity contribution in [3.63, 3.8) is 0 Å². The van der Waals surface area contributed by atoms with Gasteiger partial charge in [-0.25, -0.2) is 9.67 Å².